The Bertz CT molecular complexity index is 489. The van der Waals surface area contributed by atoms with Gasteiger partial charge in [0, 0.05) is 19.7 Å². The van der Waals surface area contributed by atoms with Crippen LogP contribution in [0.3, 0.4) is 0 Å². The number of benzene rings is 1. The highest BCUT2D eigenvalue weighted by atomic mass is 19.1. The first-order chi connectivity index (χ1) is 10.7. The van der Waals surface area contributed by atoms with Gasteiger partial charge in [-0.2, -0.15) is 0 Å². The molecular weight excluding hydrogens is 297 g/mol. The summed E-state index contributed by atoms with van der Waals surface area (Å²) in [6, 6.07) is 6.01. The molecule has 0 saturated heterocycles. The van der Waals surface area contributed by atoms with Crippen LogP contribution in [0.15, 0.2) is 24.3 Å². The van der Waals surface area contributed by atoms with Gasteiger partial charge in [-0.25, -0.2) is 9.18 Å². The number of nitrogens with one attached hydrogen (secondary N) is 2. The predicted octanol–water partition coefficient (Wildman–Crippen LogP) is 2.14. The van der Waals surface area contributed by atoms with Gasteiger partial charge in [0.15, 0.2) is 0 Å². The van der Waals surface area contributed by atoms with E-state index in [1.165, 1.54) is 12.1 Å². The summed E-state index contributed by atoms with van der Waals surface area (Å²) < 4.78 is 13.0. The molecule has 0 heterocycles. The SMILES string of the molecule is CN(C)C(CNC(=O)NCC(C)(C)CCO)c1ccc(F)cc1. The molecule has 1 unspecified atom stereocenters. The zero-order valence-corrected chi connectivity index (χ0v) is 14.4. The third-order valence-corrected chi connectivity index (χ3v) is 3.85. The Balaban J connectivity index is 2.52. The highest BCUT2D eigenvalue weighted by molar-refractivity contribution is 5.73. The largest absolute Gasteiger partial charge is 0.396 e. The van der Waals surface area contributed by atoms with Crippen LogP contribution in [0.1, 0.15) is 31.9 Å². The number of aliphatic hydroxyl groups excluding tert-OH is 1. The number of likely N-dealkylation sites (N-methyl/N-ethyl adjacent to an activating group) is 1. The lowest BCUT2D eigenvalue weighted by atomic mass is 9.90. The predicted molar refractivity (Wildman–Crippen MR) is 89.7 cm³/mol. The van der Waals surface area contributed by atoms with Gasteiger partial charge in [0.1, 0.15) is 5.82 Å². The molecule has 1 atom stereocenters. The van der Waals surface area contributed by atoms with Crippen molar-refractivity contribution in [2.45, 2.75) is 26.3 Å². The maximum Gasteiger partial charge on any atom is 0.314 e. The van der Waals surface area contributed by atoms with Gasteiger partial charge in [-0.3, -0.25) is 0 Å². The molecule has 23 heavy (non-hydrogen) atoms. The zero-order chi connectivity index (χ0) is 17.5. The van der Waals surface area contributed by atoms with Crippen LogP contribution in [0, 0.1) is 11.2 Å². The maximum absolute atomic E-state index is 13.0. The molecule has 0 radical (unpaired) electrons. The molecule has 0 aromatic heterocycles. The summed E-state index contributed by atoms with van der Waals surface area (Å²) in [6.07, 6.45) is 0.628. The Kier molecular flexibility index (Phi) is 7.45. The average molecular weight is 325 g/mol. The van der Waals surface area contributed by atoms with Gasteiger partial charge >= 0.3 is 6.03 Å². The number of nitrogens with zero attached hydrogens (tertiary/aromatic N) is 1. The van der Waals surface area contributed by atoms with Crippen LogP contribution in [0.25, 0.3) is 0 Å². The maximum atomic E-state index is 13.0. The summed E-state index contributed by atoms with van der Waals surface area (Å²) in [7, 11) is 3.83. The topological polar surface area (TPSA) is 64.6 Å². The summed E-state index contributed by atoms with van der Waals surface area (Å²) in [5, 5.41) is 14.7. The van der Waals surface area contributed by atoms with E-state index in [-0.39, 0.29) is 29.9 Å². The number of amides is 2. The molecule has 0 fully saturated rings. The van der Waals surface area contributed by atoms with Gasteiger partial charge in [-0.05, 0) is 43.6 Å². The molecule has 1 rings (SSSR count). The molecule has 0 bridgehead atoms. The van der Waals surface area contributed by atoms with E-state index in [0.717, 1.165) is 5.56 Å². The molecule has 3 N–H and O–H groups in total. The summed E-state index contributed by atoms with van der Waals surface area (Å²) in [5.41, 5.74) is 0.793. The van der Waals surface area contributed by atoms with Gasteiger partial charge in [-0.15, -0.1) is 0 Å². The molecule has 0 aliphatic rings. The van der Waals surface area contributed by atoms with Crippen LogP contribution in [-0.4, -0.2) is 49.8 Å². The van der Waals surface area contributed by atoms with E-state index in [4.69, 9.17) is 5.11 Å². The summed E-state index contributed by atoms with van der Waals surface area (Å²) in [4.78, 5) is 13.9. The minimum Gasteiger partial charge on any atom is -0.396 e. The molecule has 2 amide bonds. The van der Waals surface area contributed by atoms with Crippen molar-refractivity contribution < 1.29 is 14.3 Å². The number of urea groups is 1. The molecule has 0 spiro atoms. The Morgan fingerprint density at radius 2 is 1.87 bits per heavy atom. The number of carbonyl (C=O) groups is 1. The third-order valence-electron chi connectivity index (χ3n) is 3.85. The zero-order valence-electron chi connectivity index (χ0n) is 14.4. The monoisotopic (exact) mass is 325 g/mol. The third kappa shape index (κ3) is 6.97. The van der Waals surface area contributed by atoms with E-state index in [0.29, 0.717) is 19.5 Å². The summed E-state index contributed by atoms with van der Waals surface area (Å²) in [5.74, 6) is -0.275. The summed E-state index contributed by atoms with van der Waals surface area (Å²) in [6.45, 7) is 4.99. The van der Waals surface area contributed by atoms with Gasteiger partial charge in [0.05, 0.1) is 6.04 Å². The summed E-state index contributed by atoms with van der Waals surface area (Å²) >= 11 is 0. The van der Waals surface area contributed by atoms with Crippen molar-refractivity contribution in [3.05, 3.63) is 35.6 Å². The van der Waals surface area contributed by atoms with Crippen LogP contribution >= 0.6 is 0 Å². The molecule has 1 aromatic carbocycles. The van der Waals surface area contributed by atoms with Crippen molar-refractivity contribution in [2.75, 3.05) is 33.8 Å². The lowest BCUT2D eigenvalue weighted by Crippen LogP contribution is -2.43. The van der Waals surface area contributed by atoms with Crippen LogP contribution < -0.4 is 10.6 Å². The fraction of sp³-hybridized carbons (Fsp3) is 0.588. The smallest absolute Gasteiger partial charge is 0.314 e. The Morgan fingerprint density at radius 1 is 1.26 bits per heavy atom. The van der Waals surface area contributed by atoms with Crippen LogP contribution in [-0.2, 0) is 0 Å². The fourth-order valence-corrected chi connectivity index (χ4v) is 2.25. The van der Waals surface area contributed by atoms with E-state index >= 15 is 0 Å². The molecule has 0 aliphatic carbocycles. The quantitative estimate of drug-likeness (QED) is 0.686. The second-order valence-electron chi connectivity index (χ2n) is 6.73. The molecular formula is C17H28FN3O2. The van der Waals surface area contributed by atoms with E-state index < -0.39 is 0 Å². The normalized spacial score (nSPS) is 13.0. The molecule has 5 nitrogen and oxygen atoms in total. The van der Waals surface area contributed by atoms with E-state index in [1.54, 1.807) is 12.1 Å². The molecule has 0 saturated carbocycles. The molecule has 130 valence electrons. The number of carbonyl (C=O) groups excluding carboxylic acids is 1. The second-order valence-corrected chi connectivity index (χ2v) is 6.73. The average Bonchev–Trinajstić information content (AvgIpc) is 2.47. The van der Waals surface area contributed by atoms with Crippen molar-refractivity contribution in [3.8, 4) is 0 Å². The van der Waals surface area contributed by atoms with Gasteiger partial charge in [0.2, 0.25) is 0 Å². The second kappa shape index (κ2) is 8.84. The Labute approximate surface area is 137 Å². The van der Waals surface area contributed by atoms with Crippen LogP contribution in [0.4, 0.5) is 9.18 Å². The first-order valence-corrected chi connectivity index (χ1v) is 7.79. The van der Waals surface area contributed by atoms with Crippen molar-refractivity contribution in [1.82, 2.24) is 15.5 Å². The van der Waals surface area contributed by atoms with Crippen molar-refractivity contribution >= 4 is 6.03 Å². The first-order valence-electron chi connectivity index (χ1n) is 7.79. The number of aliphatic hydroxyl groups is 1. The fourth-order valence-electron chi connectivity index (χ4n) is 2.25. The van der Waals surface area contributed by atoms with Crippen LogP contribution in [0.2, 0.25) is 0 Å². The lowest BCUT2D eigenvalue weighted by Gasteiger charge is -2.26. The van der Waals surface area contributed by atoms with Gasteiger partial charge in [0.25, 0.3) is 0 Å². The Morgan fingerprint density at radius 3 is 2.39 bits per heavy atom. The first kappa shape index (κ1) is 19.4. The standard InChI is InChI=1S/C17H28FN3O2/c1-17(2,9-10-22)12-20-16(23)19-11-15(21(3)4)13-5-7-14(18)8-6-13/h5-8,15,22H,9-12H2,1-4H3,(H2,19,20,23). The van der Waals surface area contributed by atoms with E-state index in [1.807, 2.05) is 32.8 Å². The highest BCUT2D eigenvalue weighted by Gasteiger charge is 2.19. The number of rotatable bonds is 8. The molecule has 1 aromatic rings. The van der Waals surface area contributed by atoms with Gasteiger partial charge < -0.3 is 20.6 Å². The van der Waals surface area contributed by atoms with E-state index in [2.05, 4.69) is 10.6 Å². The minimum atomic E-state index is -0.275. The molecule has 0 aliphatic heterocycles. The highest BCUT2D eigenvalue weighted by Crippen LogP contribution is 2.19. The Hall–Kier alpha value is -1.66. The number of hydrogen-bond donors (Lipinski definition) is 3. The van der Waals surface area contributed by atoms with Crippen LogP contribution in [0.5, 0.6) is 0 Å². The number of halogens is 1. The van der Waals surface area contributed by atoms with Crippen molar-refractivity contribution in [3.63, 3.8) is 0 Å². The minimum absolute atomic E-state index is 0.0354. The lowest BCUT2D eigenvalue weighted by molar-refractivity contribution is 0.199. The molecule has 6 heteroatoms. The number of hydrogen-bond acceptors (Lipinski definition) is 3. The van der Waals surface area contributed by atoms with Crippen molar-refractivity contribution in [1.29, 1.82) is 0 Å². The van der Waals surface area contributed by atoms with E-state index in [9.17, 15) is 9.18 Å². The van der Waals surface area contributed by atoms with Crippen molar-refractivity contribution in [2.24, 2.45) is 5.41 Å². The van der Waals surface area contributed by atoms with Gasteiger partial charge in [-0.1, -0.05) is 26.0 Å².